The van der Waals surface area contributed by atoms with Gasteiger partial charge in [0.1, 0.15) is 0 Å². The van der Waals surface area contributed by atoms with Gasteiger partial charge >= 0.3 is 0 Å². The molecular weight excluding hydrogens is 302 g/mol. The molecule has 22 heavy (non-hydrogen) atoms. The second-order valence-corrected chi connectivity index (χ2v) is 6.14. The molecule has 0 aromatic rings. The third-order valence-electron chi connectivity index (χ3n) is 3.78. The summed E-state index contributed by atoms with van der Waals surface area (Å²) >= 11 is 0. The standard InChI is InChI=1S/C16H31N3O2.ClH/c1-4-12-19(14-8-10-17-11-9-14)16(21)7-5-6-15(20)18-13(2)3;/h13-14,17H,4-12H2,1-3H3,(H,18,20);1H. The van der Waals surface area contributed by atoms with E-state index in [1.54, 1.807) is 0 Å². The lowest BCUT2D eigenvalue weighted by atomic mass is 10.0. The minimum Gasteiger partial charge on any atom is -0.354 e. The quantitative estimate of drug-likeness (QED) is 0.715. The van der Waals surface area contributed by atoms with Gasteiger partial charge < -0.3 is 15.5 Å². The fourth-order valence-electron chi connectivity index (χ4n) is 2.81. The maximum absolute atomic E-state index is 12.4. The number of nitrogens with one attached hydrogen (secondary N) is 2. The predicted molar refractivity (Wildman–Crippen MR) is 92.3 cm³/mol. The van der Waals surface area contributed by atoms with Crippen LogP contribution in [0.4, 0.5) is 0 Å². The first-order valence-corrected chi connectivity index (χ1v) is 8.34. The summed E-state index contributed by atoms with van der Waals surface area (Å²) in [6.07, 6.45) is 4.64. The van der Waals surface area contributed by atoms with Crippen molar-refractivity contribution in [3.63, 3.8) is 0 Å². The minimum atomic E-state index is 0. The highest BCUT2D eigenvalue weighted by Crippen LogP contribution is 2.15. The van der Waals surface area contributed by atoms with Crippen LogP contribution in [0.5, 0.6) is 0 Å². The molecule has 0 spiro atoms. The molecule has 0 radical (unpaired) electrons. The van der Waals surface area contributed by atoms with Crippen molar-refractivity contribution in [2.75, 3.05) is 19.6 Å². The second kappa shape index (κ2) is 11.7. The molecule has 0 unspecified atom stereocenters. The molecule has 1 rings (SSSR count). The lowest BCUT2D eigenvalue weighted by molar-refractivity contribution is -0.134. The highest BCUT2D eigenvalue weighted by molar-refractivity contribution is 5.85. The van der Waals surface area contributed by atoms with Gasteiger partial charge in [-0.25, -0.2) is 0 Å². The van der Waals surface area contributed by atoms with Crippen LogP contribution < -0.4 is 10.6 Å². The molecule has 0 saturated carbocycles. The number of amides is 2. The molecule has 5 nitrogen and oxygen atoms in total. The highest BCUT2D eigenvalue weighted by atomic mass is 35.5. The molecule has 1 saturated heterocycles. The van der Waals surface area contributed by atoms with Crippen molar-refractivity contribution in [1.82, 2.24) is 15.5 Å². The molecule has 0 bridgehead atoms. The van der Waals surface area contributed by atoms with E-state index < -0.39 is 0 Å². The van der Waals surface area contributed by atoms with E-state index in [2.05, 4.69) is 17.6 Å². The van der Waals surface area contributed by atoms with Gasteiger partial charge in [0.2, 0.25) is 11.8 Å². The van der Waals surface area contributed by atoms with E-state index in [0.717, 1.165) is 38.9 Å². The topological polar surface area (TPSA) is 61.4 Å². The maximum atomic E-state index is 12.4. The first kappa shape index (κ1) is 21.2. The van der Waals surface area contributed by atoms with Crippen LogP contribution in [0.15, 0.2) is 0 Å². The molecule has 130 valence electrons. The summed E-state index contributed by atoms with van der Waals surface area (Å²) < 4.78 is 0. The van der Waals surface area contributed by atoms with Crippen molar-refractivity contribution in [2.24, 2.45) is 0 Å². The van der Waals surface area contributed by atoms with Gasteiger partial charge in [0.15, 0.2) is 0 Å². The van der Waals surface area contributed by atoms with Crippen LogP contribution in [0.2, 0.25) is 0 Å². The summed E-state index contributed by atoms with van der Waals surface area (Å²) in [5.41, 5.74) is 0. The molecule has 0 aromatic carbocycles. The Morgan fingerprint density at radius 2 is 1.86 bits per heavy atom. The lowest BCUT2D eigenvalue weighted by Crippen LogP contribution is -2.46. The van der Waals surface area contributed by atoms with Gasteiger partial charge in [-0.05, 0) is 52.6 Å². The third kappa shape index (κ3) is 7.99. The van der Waals surface area contributed by atoms with E-state index in [4.69, 9.17) is 0 Å². The van der Waals surface area contributed by atoms with Crippen LogP contribution >= 0.6 is 12.4 Å². The largest absolute Gasteiger partial charge is 0.354 e. The molecule has 0 atom stereocenters. The fraction of sp³-hybridized carbons (Fsp3) is 0.875. The first-order chi connectivity index (χ1) is 10.0. The van der Waals surface area contributed by atoms with Crippen molar-refractivity contribution in [3.05, 3.63) is 0 Å². The van der Waals surface area contributed by atoms with E-state index in [0.29, 0.717) is 25.3 Å². The molecule has 2 N–H and O–H groups in total. The Balaban J connectivity index is 0.00000441. The smallest absolute Gasteiger partial charge is 0.222 e. The van der Waals surface area contributed by atoms with Gasteiger partial charge in [0, 0.05) is 31.5 Å². The Hall–Kier alpha value is -0.810. The lowest BCUT2D eigenvalue weighted by Gasteiger charge is -2.34. The number of piperidine rings is 1. The van der Waals surface area contributed by atoms with Gasteiger partial charge in [-0.2, -0.15) is 0 Å². The van der Waals surface area contributed by atoms with Crippen LogP contribution in [0.25, 0.3) is 0 Å². The number of nitrogens with zero attached hydrogens (tertiary/aromatic N) is 1. The molecule has 0 aliphatic carbocycles. The molecule has 2 amide bonds. The second-order valence-electron chi connectivity index (χ2n) is 6.14. The van der Waals surface area contributed by atoms with Crippen molar-refractivity contribution in [3.8, 4) is 0 Å². The van der Waals surface area contributed by atoms with E-state index in [9.17, 15) is 9.59 Å². The monoisotopic (exact) mass is 333 g/mol. The van der Waals surface area contributed by atoms with Gasteiger partial charge in [0.25, 0.3) is 0 Å². The number of hydrogen-bond acceptors (Lipinski definition) is 3. The first-order valence-electron chi connectivity index (χ1n) is 8.34. The van der Waals surface area contributed by atoms with E-state index in [1.165, 1.54) is 0 Å². The molecule has 6 heteroatoms. The summed E-state index contributed by atoms with van der Waals surface area (Å²) in [5.74, 6) is 0.253. The Labute approximate surface area is 141 Å². The summed E-state index contributed by atoms with van der Waals surface area (Å²) in [4.78, 5) is 26.0. The van der Waals surface area contributed by atoms with Crippen molar-refractivity contribution in [1.29, 1.82) is 0 Å². The Bertz CT molecular complexity index is 331. The van der Waals surface area contributed by atoms with Crippen LogP contribution in [0, 0.1) is 0 Å². The Kier molecular flexibility index (Phi) is 11.3. The van der Waals surface area contributed by atoms with Gasteiger partial charge in [-0.15, -0.1) is 12.4 Å². The van der Waals surface area contributed by atoms with E-state index >= 15 is 0 Å². The van der Waals surface area contributed by atoms with Crippen LogP contribution in [-0.4, -0.2) is 48.4 Å². The van der Waals surface area contributed by atoms with Gasteiger partial charge in [0.05, 0.1) is 0 Å². The van der Waals surface area contributed by atoms with Crippen LogP contribution in [0.3, 0.4) is 0 Å². The summed E-state index contributed by atoms with van der Waals surface area (Å²) in [7, 11) is 0. The molecule has 1 heterocycles. The van der Waals surface area contributed by atoms with Crippen LogP contribution in [0.1, 0.15) is 59.3 Å². The van der Waals surface area contributed by atoms with E-state index in [1.807, 2.05) is 18.7 Å². The van der Waals surface area contributed by atoms with Gasteiger partial charge in [-0.3, -0.25) is 9.59 Å². The summed E-state index contributed by atoms with van der Waals surface area (Å²) in [5, 5.41) is 6.20. The van der Waals surface area contributed by atoms with E-state index in [-0.39, 0.29) is 30.3 Å². The Morgan fingerprint density at radius 1 is 1.23 bits per heavy atom. The number of halogens is 1. The SMILES string of the molecule is CCCN(C(=O)CCCC(=O)NC(C)C)C1CCNCC1.Cl. The molecule has 1 aliphatic rings. The third-order valence-corrected chi connectivity index (χ3v) is 3.78. The average molecular weight is 334 g/mol. The molecule has 1 aliphatic heterocycles. The molecule has 1 fully saturated rings. The predicted octanol–water partition coefficient (Wildman–Crippen LogP) is 2.09. The number of carbonyl (C=O) groups excluding carboxylic acids is 2. The normalized spacial score (nSPS) is 15.3. The minimum absolute atomic E-state index is 0. The highest BCUT2D eigenvalue weighted by Gasteiger charge is 2.24. The van der Waals surface area contributed by atoms with Crippen LogP contribution in [-0.2, 0) is 9.59 Å². The molecule has 0 aromatic heterocycles. The maximum Gasteiger partial charge on any atom is 0.222 e. The molecular formula is C16H32ClN3O2. The van der Waals surface area contributed by atoms with Crippen molar-refractivity contribution < 1.29 is 9.59 Å². The zero-order valence-electron chi connectivity index (χ0n) is 14.2. The van der Waals surface area contributed by atoms with Crippen molar-refractivity contribution in [2.45, 2.75) is 71.4 Å². The number of carbonyl (C=O) groups is 2. The average Bonchev–Trinajstić information content (AvgIpc) is 2.44. The van der Waals surface area contributed by atoms with Crippen molar-refractivity contribution >= 4 is 24.2 Å². The number of rotatable bonds is 8. The summed E-state index contributed by atoms with van der Waals surface area (Å²) in [6.45, 7) is 8.83. The fourth-order valence-corrected chi connectivity index (χ4v) is 2.81. The Morgan fingerprint density at radius 3 is 2.41 bits per heavy atom. The number of hydrogen-bond donors (Lipinski definition) is 2. The summed E-state index contributed by atoms with van der Waals surface area (Å²) in [6, 6.07) is 0.544. The van der Waals surface area contributed by atoms with Gasteiger partial charge in [-0.1, -0.05) is 6.92 Å². The zero-order valence-corrected chi connectivity index (χ0v) is 15.0. The zero-order chi connectivity index (χ0) is 15.7.